The summed E-state index contributed by atoms with van der Waals surface area (Å²) in [4.78, 5) is 14.4. The molecule has 0 atom stereocenters. The SMILES string of the molecule is CCOc1cccc(C(=O)NCCCN(CC)CC)c1. The van der Waals surface area contributed by atoms with Crippen LogP contribution in [0.4, 0.5) is 0 Å². The molecule has 1 N–H and O–H groups in total. The zero-order valence-electron chi connectivity index (χ0n) is 12.8. The van der Waals surface area contributed by atoms with Crippen LogP contribution in [0, 0.1) is 0 Å². The first kappa shape index (κ1) is 16.5. The summed E-state index contributed by atoms with van der Waals surface area (Å²) in [7, 11) is 0. The summed E-state index contributed by atoms with van der Waals surface area (Å²) in [5.74, 6) is 0.703. The fourth-order valence-corrected chi connectivity index (χ4v) is 2.04. The Hall–Kier alpha value is -1.55. The molecule has 4 nitrogen and oxygen atoms in total. The molecule has 0 saturated carbocycles. The van der Waals surface area contributed by atoms with Crippen LogP contribution in [0.5, 0.6) is 5.75 Å². The van der Waals surface area contributed by atoms with Gasteiger partial charge in [0.25, 0.3) is 5.91 Å². The quantitative estimate of drug-likeness (QED) is 0.706. The minimum Gasteiger partial charge on any atom is -0.494 e. The van der Waals surface area contributed by atoms with Gasteiger partial charge in [-0.15, -0.1) is 0 Å². The molecule has 0 heterocycles. The molecule has 1 aromatic rings. The van der Waals surface area contributed by atoms with Crippen LogP contribution in [0.15, 0.2) is 24.3 Å². The summed E-state index contributed by atoms with van der Waals surface area (Å²) in [6, 6.07) is 7.29. The smallest absolute Gasteiger partial charge is 0.251 e. The molecule has 20 heavy (non-hydrogen) atoms. The zero-order chi connectivity index (χ0) is 14.8. The molecule has 0 aliphatic heterocycles. The molecule has 0 fully saturated rings. The van der Waals surface area contributed by atoms with E-state index in [1.807, 2.05) is 25.1 Å². The molecule has 0 bridgehead atoms. The van der Waals surface area contributed by atoms with Gasteiger partial charge in [-0.25, -0.2) is 0 Å². The van der Waals surface area contributed by atoms with Gasteiger partial charge in [-0.2, -0.15) is 0 Å². The molecule has 0 radical (unpaired) electrons. The summed E-state index contributed by atoms with van der Waals surface area (Å²) in [5.41, 5.74) is 0.652. The van der Waals surface area contributed by atoms with E-state index in [0.29, 0.717) is 18.7 Å². The summed E-state index contributed by atoms with van der Waals surface area (Å²) < 4.78 is 5.40. The van der Waals surface area contributed by atoms with Gasteiger partial charge in [0.05, 0.1) is 6.61 Å². The summed E-state index contributed by atoms with van der Waals surface area (Å²) in [5, 5.41) is 2.95. The number of hydrogen-bond donors (Lipinski definition) is 1. The molecular weight excluding hydrogens is 252 g/mol. The predicted molar refractivity (Wildman–Crippen MR) is 82.3 cm³/mol. The van der Waals surface area contributed by atoms with Gasteiger partial charge in [0, 0.05) is 12.1 Å². The number of nitrogens with zero attached hydrogens (tertiary/aromatic N) is 1. The number of hydrogen-bond acceptors (Lipinski definition) is 3. The number of benzene rings is 1. The number of rotatable bonds is 9. The highest BCUT2D eigenvalue weighted by atomic mass is 16.5. The molecule has 4 heteroatoms. The fourth-order valence-electron chi connectivity index (χ4n) is 2.04. The highest BCUT2D eigenvalue weighted by molar-refractivity contribution is 5.94. The van der Waals surface area contributed by atoms with Gasteiger partial charge in [0.15, 0.2) is 0 Å². The summed E-state index contributed by atoms with van der Waals surface area (Å²) in [6.07, 6.45) is 0.971. The second kappa shape index (κ2) is 9.37. The van der Waals surface area contributed by atoms with Crippen LogP contribution >= 0.6 is 0 Å². The third-order valence-corrected chi connectivity index (χ3v) is 3.24. The van der Waals surface area contributed by atoms with Crippen molar-refractivity contribution in [3.8, 4) is 5.75 Å². The lowest BCUT2D eigenvalue weighted by Gasteiger charge is -2.17. The molecule has 1 amide bonds. The molecule has 0 saturated heterocycles. The lowest BCUT2D eigenvalue weighted by atomic mass is 10.2. The molecule has 1 aromatic carbocycles. The Kier molecular flexibility index (Phi) is 7.73. The predicted octanol–water partition coefficient (Wildman–Crippen LogP) is 2.55. The summed E-state index contributed by atoms with van der Waals surface area (Å²) >= 11 is 0. The third-order valence-electron chi connectivity index (χ3n) is 3.24. The average Bonchev–Trinajstić information content (AvgIpc) is 2.48. The number of ether oxygens (including phenoxy) is 1. The topological polar surface area (TPSA) is 41.6 Å². The fraction of sp³-hybridized carbons (Fsp3) is 0.562. The van der Waals surface area contributed by atoms with Crippen molar-refractivity contribution >= 4 is 5.91 Å². The number of carbonyl (C=O) groups excluding carboxylic acids is 1. The van der Waals surface area contributed by atoms with E-state index < -0.39 is 0 Å². The molecule has 112 valence electrons. The van der Waals surface area contributed by atoms with Gasteiger partial charge in [0.1, 0.15) is 5.75 Å². The van der Waals surface area contributed by atoms with Gasteiger partial charge in [-0.3, -0.25) is 4.79 Å². The molecule has 1 rings (SSSR count). The van der Waals surface area contributed by atoms with E-state index in [-0.39, 0.29) is 5.91 Å². The second-order valence-corrected chi connectivity index (χ2v) is 4.60. The van der Waals surface area contributed by atoms with Crippen molar-refractivity contribution in [1.82, 2.24) is 10.2 Å². The molecule has 0 aliphatic carbocycles. The van der Waals surface area contributed by atoms with Gasteiger partial charge < -0.3 is 15.0 Å². The van der Waals surface area contributed by atoms with Gasteiger partial charge >= 0.3 is 0 Å². The first-order chi connectivity index (χ1) is 9.71. The monoisotopic (exact) mass is 278 g/mol. The minimum absolute atomic E-state index is 0.0360. The standard InChI is InChI=1S/C16H26N2O2/c1-4-18(5-2)12-8-11-17-16(19)14-9-7-10-15(13-14)20-6-3/h7,9-10,13H,4-6,8,11-12H2,1-3H3,(H,17,19). The van der Waals surface area contributed by atoms with Crippen LogP contribution in [0.1, 0.15) is 37.6 Å². The maximum Gasteiger partial charge on any atom is 0.251 e. The van der Waals surface area contributed by atoms with Gasteiger partial charge in [0.2, 0.25) is 0 Å². The lowest BCUT2D eigenvalue weighted by Crippen LogP contribution is -2.29. The Balaban J connectivity index is 2.37. The Morgan fingerprint density at radius 1 is 1.25 bits per heavy atom. The zero-order valence-corrected chi connectivity index (χ0v) is 12.8. The largest absolute Gasteiger partial charge is 0.494 e. The second-order valence-electron chi connectivity index (χ2n) is 4.60. The van der Waals surface area contributed by atoms with E-state index in [1.54, 1.807) is 6.07 Å². The highest BCUT2D eigenvalue weighted by Crippen LogP contribution is 2.13. The van der Waals surface area contributed by atoms with E-state index >= 15 is 0 Å². The molecule has 0 aromatic heterocycles. The van der Waals surface area contributed by atoms with Gasteiger partial charge in [-0.1, -0.05) is 19.9 Å². The highest BCUT2D eigenvalue weighted by Gasteiger charge is 2.06. The van der Waals surface area contributed by atoms with Crippen LogP contribution in [-0.4, -0.2) is 43.6 Å². The normalized spacial score (nSPS) is 10.6. The van der Waals surface area contributed by atoms with Crippen LogP contribution in [0.3, 0.4) is 0 Å². The number of nitrogens with one attached hydrogen (secondary N) is 1. The third kappa shape index (κ3) is 5.61. The van der Waals surface area contributed by atoms with E-state index in [4.69, 9.17) is 4.74 Å². The minimum atomic E-state index is -0.0360. The first-order valence-corrected chi connectivity index (χ1v) is 7.44. The Bertz CT molecular complexity index is 403. The van der Waals surface area contributed by atoms with Crippen molar-refractivity contribution in [3.63, 3.8) is 0 Å². The Labute approximate surface area is 122 Å². The number of amides is 1. The van der Waals surface area contributed by atoms with E-state index in [1.165, 1.54) is 0 Å². The van der Waals surface area contributed by atoms with Crippen molar-refractivity contribution in [2.75, 3.05) is 32.8 Å². The van der Waals surface area contributed by atoms with Crippen molar-refractivity contribution in [1.29, 1.82) is 0 Å². The lowest BCUT2D eigenvalue weighted by molar-refractivity contribution is 0.0951. The van der Waals surface area contributed by atoms with Crippen LogP contribution in [0.25, 0.3) is 0 Å². The number of carbonyl (C=O) groups is 1. The van der Waals surface area contributed by atoms with Crippen LogP contribution < -0.4 is 10.1 Å². The van der Waals surface area contributed by atoms with E-state index in [2.05, 4.69) is 24.1 Å². The van der Waals surface area contributed by atoms with Gasteiger partial charge in [-0.05, 0) is 51.2 Å². The Morgan fingerprint density at radius 3 is 2.65 bits per heavy atom. The van der Waals surface area contributed by atoms with Crippen molar-refractivity contribution in [2.24, 2.45) is 0 Å². The van der Waals surface area contributed by atoms with Crippen molar-refractivity contribution in [3.05, 3.63) is 29.8 Å². The van der Waals surface area contributed by atoms with Crippen LogP contribution in [-0.2, 0) is 0 Å². The van der Waals surface area contributed by atoms with Crippen molar-refractivity contribution < 1.29 is 9.53 Å². The molecule has 0 spiro atoms. The molecule has 0 aliphatic rings. The Morgan fingerprint density at radius 2 is 2.00 bits per heavy atom. The maximum atomic E-state index is 12.0. The van der Waals surface area contributed by atoms with Crippen LogP contribution in [0.2, 0.25) is 0 Å². The average molecular weight is 278 g/mol. The molecule has 0 unspecified atom stereocenters. The summed E-state index contributed by atoms with van der Waals surface area (Å²) in [6.45, 7) is 10.7. The molecular formula is C16H26N2O2. The van der Waals surface area contributed by atoms with E-state index in [0.717, 1.165) is 31.8 Å². The van der Waals surface area contributed by atoms with E-state index in [9.17, 15) is 4.79 Å². The van der Waals surface area contributed by atoms with Crippen molar-refractivity contribution in [2.45, 2.75) is 27.2 Å². The first-order valence-electron chi connectivity index (χ1n) is 7.44. The maximum absolute atomic E-state index is 12.0.